The second-order valence-corrected chi connectivity index (χ2v) is 8.64. The third-order valence-corrected chi connectivity index (χ3v) is 5.49. The van der Waals surface area contributed by atoms with Crippen LogP contribution in [0.15, 0.2) is 18.2 Å². The zero-order chi connectivity index (χ0) is 19.3. The van der Waals surface area contributed by atoms with Gasteiger partial charge in [0, 0.05) is 6.54 Å². The molecular weight excluding hydrogens is 369 g/mol. The lowest BCUT2D eigenvalue weighted by molar-refractivity contribution is 0.0203. The van der Waals surface area contributed by atoms with Crippen LogP contribution in [0.5, 0.6) is 5.75 Å². The van der Waals surface area contributed by atoms with Gasteiger partial charge in [0.15, 0.2) is 5.11 Å². The zero-order valence-corrected chi connectivity index (χ0v) is 16.5. The van der Waals surface area contributed by atoms with Gasteiger partial charge in [-0.05, 0) is 69.6 Å². The largest absolute Gasteiger partial charge is 0.491 e. The van der Waals surface area contributed by atoms with E-state index in [1.165, 1.54) is 12.1 Å². The van der Waals surface area contributed by atoms with Crippen molar-refractivity contribution in [2.45, 2.75) is 57.5 Å². The maximum atomic E-state index is 13.6. The standard InChI is InChI=1S/C19H24FN3O3S/c1-19(2,3)26-18(24)22-7-6-14-16(22)21-17(27)23(14)13-9-11-8-12(20)4-5-15(11)25-10-13/h4-5,8,13-14,16H,6-7,9-10H2,1-3H3,(H,21,27)/t13-,14?,16?/m1/s1. The van der Waals surface area contributed by atoms with Gasteiger partial charge in [0.2, 0.25) is 0 Å². The number of thiocarbonyl (C=S) groups is 1. The molecule has 3 atom stereocenters. The maximum Gasteiger partial charge on any atom is 0.412 e. The molecule has 0 saturated carbocycles. The molecule has 27 heavy (non-hydrogen) atoms. The van der Waals surface area contributed by atoms with Crippen molar-refractivity contribution in [2.75, 3.05) is 13.2 Å². The summed E-state index contributed by atoms with van der Waals surface area (Å²) in [5, 5.41) is 3.87. The first kappa shape index (κ1) is 18.3. The fourth-order valence-electron chi connectivity index (χ4n) is 4.08. The number of amides is 1. The molecule has 1 aromatic rings. The number of hydrogen-bond donors (Lipinski definition) is 1. The van der Waals surface area contributed by atoms with Crippen molar-refractivity contribution in [3.8, 4) is 5.75 Å². The van der Waals surface area contributed by atoms with Crippen molar-refractivity contribution < 1.29 is 18.7 Å². The normalized spacial score (nSPS) is 27.0. The summed E-state index contributed by atoms with van der Waals surface area (Å²) in [7, 11) is 0. The molecule has 3 aliphatic rings. The second kappa shape index (κ2) is 6.51. The lowest BCUT2D eigenvalue weighted by Gasteiger charge is -2.36. The Kier molecular flexibility index (Phi) is 4.41. The Balaban J connectivity index is 1.50. The van der Waals surface area contributed by atoms with Crippen LogP contribution < -0.4 is 10.1 Å². The first-order chi connectivity index (χ1) is 12.7. The van der Waals surface area contributed by atoms with Gasteiger partial charge in [-0.2, -0.15) is 0 Å². The molecule has 8 heteroatoms. The minimum absolute atomic E-state index is 0.00730. The van der Waals surface area contributed by atoms with Gasteiger partial charge in [0.1, 0.15) is 29.9 Å². The Labute approximate surface area is 163 Å². The number of rotatable bonds is 1. The third kappa shape index (κ3) is 3.42. The average Bonchev–Trinajstić information content (AvgIpc) is 3.10. The third-order valence-electron chi connectivity index (χ3n) is 5.16. The summed E-state index contributed by atoms with van der Waals surface area (Å²) >= 11 is 5.56. The van der Waals surface area contributed by atoms with Gasteiger partial charge >= 0.3 is 6.09 Å². The monoisotopic (exact) mass is 393 g/mol. The van der Waals surface area contributed by atoms with Gasteiger partial charge in [-0.3, -0.25) is 4.90 Å². The van der Waals surface area contributed by atoms with Crippen molar-refractivity contribution in [3.05, 3.63) is 29.6 Å². The van der Waals surface area contributed by atoms with Crippen molar-refractivity contribution >= 4 is 23.4 Å². The van der Waals surface area contributed by atoms with Gasteiger partial charge in [0.25, 0.3) is 0 Å². The smallest absolute Gasteiger partial charge is 0.412 e. The van der Waals surface area contributed by atoms with E-state index in [2.05, 4.69) is 10.2 Å². The topological polar surface area (TPSA) is 54.0 Å². The predicted molar refractivity (Wildman–Crippen MR) is 102 cm³/mol. The number of benzene rings is 1. The number of carbonyl (C=O) groups excluding carboxylic acids is 1. The van der Waals surface area contributed by atoms with Crippen LogP contribution in [0.4, 0.5) is 9.18 Å². The minimum Gasteiger partial charge on any atom is -0.491 e. The van der Waals surface area contributed by atoms with Crippen LogP contribution in [0.25, 0.3) is 0 Å². The van der Waals surface area contributed by atoms with Gasteiger partial charge in [-0.15, -0.1) is 0 Å². The molecule has 6 nitrogen and oxygen atoms in total. The Hall–Kier alpha value is -2.09. The summed E-state index contributed by atoms with van der Waals surface area (Å²) in [6.07, 6.45) is 0.912. The van der Waals surface area contributed by atoms with E-state index in [-0.39, 0.29) is 30.2 Å². The molecule has 0 radical (unpaired) electrons. The molecule has 1 aromatic carbocycles. The first-order valence-corrected chi connectivity index (χ1v) is 9.63. The fourth-order valence-corrected chi connectivity index (χ4v) is 4.49. The molecular formula is C19H24FN3O3S. The lowest BCUT2D eigenvalue weighted by Crippen LogP contribution is -2.49. The molecule has 1 amide bonds. The fraction of sp³-hybridized carbons (Fsp3) is 0.579. The number of halogens is 1. The summed E-state index contributed by atoms with van der Waals surface area (Å²) in [4.78, 5) is 16.4. The van der Waals surface area contributed by atoms with Crippen molar-refractivity contribution in [1.82, 2.24) is 15.1 Å². The molecule has 2 saturated heterocycles. The molecule has 2 fully saturated rings. The minimum atomic E-state index is -0.543. The van der Waals surface area contributed by atoms with Crippen LogP contribution in [0.1, 0.15) is 32.8 Å². The Morgan fingerprint density at radius 1 is 1.41 bits per heavy atom. The highest BCUT2D eigenvalue weighted by Gasteiger charge is 2.50. The molecule has 4 rings (SSSR count). The number of nitrogens with one attached hydrogen (secondary N) is 1. The van der Waals surface area contributed by atoms with E-state index >= 15 is 0 Å². The number of likely N-dealkylation sites (tertiary alicyclic amines) is 1. The molecule has 3 aliphatic heterocycles. The summed E-state index contributed by atoms with van der Waals surface area (Å²) in [6.45, 7) is 6.65. The van der Waals surface area contributed by atoms with E-state index in [0.29, 0.717) is 24.7 Å². The van der Waals surface area contributed by atoms with Gasteiger partial charge in [0.05, 0.1) is 12.1 Å². The predicted octanol–water partition coefficient (Wildman–Crippen LogP) is 2.65. The van der Waals surface area contributed by atoms with Crippen LogP contribution in [-0.4, -0.2) is 58.0 Å². The highest BCUT2D eigenvalue weighted by molar-refractivity contribution is 7.80. The molecule has 1 N–H and O–H groups in total. The van der Waals surface area contributed by atoms with E-state index in [1.807, 2.05) is 20.8 Å². The van der Waals surface area contributed by atoms with E-state index in [1.54, 1.807) is 11.0 Å². The van der Waals surface area contributed by atoms with Gasteiger partial charge < -0.3 is 19.7 Å². The number of nitrogens with zero attached hydrogens (tertiary/aromatic N) is 2. The van der Waals surface area contributed by atoms with Crippen molar-refractivity contribution in [1.29, 1.82) is 0 Å². The Bertz CT molecular complexity index is 782. The van der Waals surface area contributed by atoms with E-state index in [9.17, 15) is 9.18 Å². The summed E-state index contributed by atoms with van der Waals surface area (Å²) in [5.74, 6) is 0.457. The highest BCUT2D eigenvalue weighted by Crippen LogP contribution is 2.34. The van der Waals surface area contributed by atoms with E-state index in [4.69, 9.17) is 21.7 Å². The molecule has 2 unspecified atom stereocenters. The highest BCUT2D eigenvalue weighted by atomic mass is 32.1. The van der Waals surface area contributed by atoms with Crippen molar-refractivity contribution in [3.63, 3.8) is 0 Å². The molecule has 3 heterocycles. The number of fused-ring (bicyclic) bond motifs is 2. The Morgan fingerprint density at radius 2 is 2.19 bits per heavy atom. The van der Waals surface area contributed by atoms with E-state index in [0.717, 1.165) is 17.7 Å². The summed E-state index contributed by atoms with van der Waals surface area (Å²) < 4.78 is 25.0. The Morgan fingerprint density at radius 3 is 2.93 bits per heavy atom. The number of ether oxygens (including phenoxy) is 2. The van der Waals surface area contributed by atoms with Crippen molar-refractivity contribution in [2.24, 2.45) is 0 Å². The van der Waals surface area contributed by atoms with E-state index < -0.39 is 5.60 Å². The SMILES string of the molecule is CC(C)(C)OC(=O)N1CCC2C1NC(=S)N2[C@H]1COc2ccc(F)cc2C1. The molecule has 0 aliphatic carbocycles. The molecule has 0 aromatic heterocycles. The average molecular weight is 393 g/mol. The number of carbonyl (C=O) groups is 1. The molecule has 0 spiro atoms. The van der Waals surface area contributed by atoms with Crippen LogP contribution in [0.2, 0.25) is 0 Å². The first-order valence-electron chi connectivity index (χ1n) is 9.22. The van der Waals surface area contributed by atoms with Gasteiger partial charge in [-0.1, -0.05) is 0 Å². The van der Waals surface area contributed by atoms with Crippen LogP contribution >= 0.6 is 12.2 Å². The molecule has 146 valence electrons. The summed E-state index contributed by atoms with van der Waals surface area (Å²) in [5.41, 5.74) is 0.304. The quantitative estimate of drug-likeness (QED) is 0.741. The maximum absolute atomic E-state index is 13.6. The number of hydrogen-bond acceptors (Lipinski definition) is 4. The van der Waals surface area contributed by atoms with Crippen LogP contribution in [0, 0.1) is 5.82 Å². The second-order valence-electron chi connectivity index (χ2n) is 8.25. The lowest BCUT2D eigenvalue weighted by atomic mass is 10.00. The zero-order valence-electron chi connectivity index (χ0n) is 15.7. The summed E-state index contributed by atoms with van der Waals surface area (Å²) in [6, 6.07) is 4.67. The van der Waals surface area contributed by atoms with Crippen LogP contribution in [0.3, 0.4) is 0 Å². The van der Waals surface area contributed by atoms with Gasteiger partial charge in [-0.25, -0.2) is 9.18 Å². The van der Waals surface area contributed by atoms with Crippen LogP contribution in [-0.2, 0) is 11.2 Å². The molecule has 0 bridgehead atoms.